The molecular weight excluding hydrogens is 464 g/mol. The van der Waals surface area contributed by atoms with Crippen molar-refractivity contribution >= 4 is 17.5 Å². The number of anilines is 1. The van der Waals surface area contributed by atoms with Crippen LogP contribution in [0.15, 0.2) is 89.5 Å². The molecule has 0 radical (unpaired) electrons. The molecular formula is C31H30N2O4. The Morgan fingerprint density at radius 1 is 0.973 bits per heavy atom. The normalized spacial score (nSPS) is 15.5. The first-order chi connectivity index (χ1) is 17.9. The number of nitrogens with one attached hydrogen (secondary N) is 1. The Hall–Kier alpha value is -4.32. The number of rotatable bonds is 6. The average Bonchev–Trinajstić information content (AvgIpc) is 3.44. The lowest BCUT2D eigenvalue weighted by Crippen LogP contribution is -2.40. The van der Waals surface area contributed by atoms with E-state index >= 15 is 0 Å². The third-order valence-electron chi connectivity index (χ3n) is 6.70. The van der Waals surface area contributed by atoms with Crippen molar-refractivity contribution in [1.82, 2.24) is 4.90 Å². The Kier molecular flexibility index (Phi) is 6.82. The molecule has 4 aromatic rings. The largest absolute Gasteiger partial charge is 0.481 e. The van der Waals surface area contributed by atoms with Gasteiger partial charge in [-0.15, -0.1) is 0 Å². The van der Waals surface area contributed by atoms with Crippen molar-refractivity contribution < 1.29 is 18.7 Å². The number of carbonyl (C=O) groups is 2. The molecule has 0 aliphatic carbocycles. The van der Waals surface area contributed by atoms with E-state index in [-0.39, 0.29) is 17.9 Å². The van der Waals surface area contributed by atoms with Crippen LogP contribution in [0.2, 0.25) is 0 Å². The third-order valence-corrected chi connectivity index (χ3v) is 6.70. The van der Waals surface area contributed by atoms with Crippen molar-refractivity contribution in [2.75, 3.05) is 11.9 Å². The van der Waals surface area contributed by atoms with Crippen LogP contribution in [0.4, 0.5) is 5.69 Å². The van der Waals surface area contributed by atoms with Gasteiger partial charge in [-0.25, -0.2) is 0 Å². The quantitative estimate of drug-likeness (QED) is 0.352. The molecule has 188 valence electrons. The fourth-order valence-electron chi connectivity index (χ4n) is 4.77. The third kappa shape index (κ3) is 5.28. The van der Waals surface area contributed by atoms with Gasteiger partial charge in [0.2, 0.25) is 0 Å². The molecule has 2 heterocycles. The summed E-state index contributed by atoms with van der Waals surface area (Å²) in [6.07, 6.45) is 1.52. The van der Waals surface area contributed by atoms with E-state index in [1.165, 1.54) is 6.26 Å². The number of fused-ring (bicyclic) bond motifs is 1. The lowest BCUT2D eigenvalue weighted by atomic mass is 9.87. The highest BCUT2D eigenvalue weighted by molar-refractivity contribution is 5.94. The van der Waals surface area contributed by atoms with Crippen LogP contribution < -0.4 is 10.1 Å². The summed E-state index contributed by atoms with van der Waals surface area (Å²) >= 11 is 0. The van der Waals surface area contributed by atoms with Crippen LogP contribution in [-0.2, 0) is 11.2 Å². The number of carbonyl (C=O) groups excluding carboxylic acids is 2. The van der Waals surface area contributed by atoms with Crippen LogP contribution in [-0.4, -0.2) is 29.4 Å². The second-order valence-electron chi connectivity index (χ2n) is 9.52. The summed E-state index contributed by atoms with van der Waals surface area (Å²) in [5.74, 6) is 0.510. The Morgan fingerprint density at radius 2 is 1.78 bits per heavy atom. The van der Waals surface area contributed by atoms with E-state index in [9.17, 15) is 9.59 Å². The number of benzene rings is 3. The number of aryl methyl sites for hydroxylation is 2. The summed E-state index contributed by atoms with van der Waals surface area (Å²) in [7, 11) is 0. The molecule has 5 rings (SSSR count). The lowest BCUT2D eigenvalue weighted by molar-refractivity contribution is -0.122. The van der Waals surface area contributed by atoms with Crippen LogP contribution in [0, 0.1) is 13.8 Å². The molecule has 37 heavy (non-hydrogen) atoms. The van der Waals surface area contributed by atoms with Gasteiger partial charge in [0, 0.05) is 12.2 Å². The van der Waals surface area contributed by atoms with Gasteiger partial charge in [0.1, 0.15) is 5.75 Å². The van der Waals surface area contributed by atoms with Crippen molar-refractivity contribution in [3.8, 4) is 5.75 Å². The topological polar surface area (TPSA) is 71.8 Å². The van der Waals surface area contributed by atoms with Crippen LogP contribution >= 0.6 is 0 Å². The van der Waals surface area contributed by atoms with Gasteiger partial charge in [-0.05, 0) is 80.3 Å². The molecule has 1 N–H and O–H groups in total. The minimum absolute atomic E-state index is 0.153. The molecule has 1 aliphatic rings. The number of hydrogen-bond acceptors (Lipinski definition) is 4. The molecule has 0 bridgehead atoms. The van der Waals surface area contributed by atoms with Crippen molar-refractivity contribution in [2.24, 2.45) is 0 Å². The molecule has 2 amide bonds. The van der Waals surface area contributed by atoms with Gasteiger partial charge in [-0.3, -0.25) is 9.59 Å². The Morgan fingerprint density at radius 3 is 2.51 bits per heavy atom. The summed E-state index contributed by atoms with van der Waals surface area (Å²) in [5.41, 5.74) is 6.12. The molecule has 1 aliphatic heterocycles. The number of nitrogens with zero attached hydrogens (tertiary/aromatic N) is 1. The molecule has 0 saturated heterocycles. The number of ether oxygens (including phenoxy) is 1. The number of hydrogen-bond donors (Lipinski definition) is 1. The highest BCUT2D eigenvalue weighted by Gasteiger charge is 2.34. The Labute approximate surface area is 216 Å². The first-order valence-electron chi connectivity index (χ1n) is 12.5. The van der Waals surface area contributed by atoms with Crippen LogP contribution in [0.3, 0.4) is 0 Å². The monoisotopic (exact) mass is 494 g/mol. The summed E-state index contributed by atoms with van der Waals surface area (Å²) in [4.78, 5) is 28.1. The van der Waals surface area contributed by atoms with Crippen molar-refractivity contribution in [1.29, 1.82) is 0 Å². The summed E-state index contributed by atoms with van der Waals surface area (Å²) in [5, 5.41) is 2.90. The zero-order chi connectivity index (χ0) is 25.9. The molecule has 3 aromatic carbocycles. The van der Waals surface area contributed by atoms with Gasteiger partial charge in [0.25, 0.3) is 11.8 Å². The fraction of sp³-hybridized carbons (Fsp3) is 0.226. The highest BCUT2D eigenvalue weighted by atomic mass is 16.5. The van der Waals surface area contributed by atoms with E-state index in [0.29, 0.717) is 24.5 Å². The van der Waals surface area contributed by atoms with Crippen molar-refractivity contribution in [2.45, 2.75) is 39.3 Å². The Bertz CT molecular complexity index is 1410. The minimum atomic E-state index is -0.707. The predicted molar refractivity (Wildman–Crippen MR) is 143 cm³/mol. The maximum absolute atomic E-state index is 13.4. The van der Waals surface area contributed by atoms with E-state index in [1.54, 1.807) is 19.1 Å². The molecule has 1 aromatic heterocycles. The molecule has 0 fully saturated rings. The van der Waals surface area contributed by atoms with Gasteiger partial charge in [-0.1, -0.05) is 53.6 Å². The first-order valence-corrected chi connectivity index (χ1v) is 12.5. The van der Waals surface area contributed by atoms with Crippen molar-refractivity contribution in [3.05, 3.63) is 119 Å². The first kappa shape index (κ1) is 24.4. The molecule has 0 spiro atoms. The number of furan rings is 1. The Balaban J connectivity index is 1.43. The van der Waals surface area contributed by atoms with E-state index < -0.39 is 6.10 Å². The second-order valence-corrected chi connectivity index (χ2v) is 9.52. The van der Waals surface area contributed by atoms with Gasteiger partial charge in [0.15, 0.2) is 11.9 Å². The minimum Gasteiger partial charge on any atom is -0.481 e. The lowest BCUT2D eigenvalue weighted by Gasteiger charge is -2.37. The fourth-order valence-corrected chi connectivity index (χ4v) is 4.77. The van der Waals surface area contributed by atoms with Crippen LogP contribution in [0.1, 0.15) is 51.3 Å². The summed E-state index contributed by atoms with van der Waals surface area (Å²) in [6, 6.07) is 24.8. The molecule has 6 heteroatoms. The summed E-state index contributed by atoms with van der Waals surface area (Å²) < 4.78 is 11.5. The van der Waals surface area contributed by atoms with E-state index in [0.717, 1.165) is 33.5 Å². The summed E-state index contributed by atoms with van der Waals surface area (Å²) in [6.45, 7) is 6.34. The highest BCUT2D eigenvalue weighted by Crippen LogP contribution is 2.38. The molecule has 6 nitrogen and oxygen atoms in total. The SMILES string of the molecule is Cc1ccc(NC(=O)[C@H](C)Oc2ccc3c(c2)[C@@H](c2cccc(C)c2)N(C(=O)c2ccco2)CC3)cc1. The molecule has 0 saturated carbocycles. The van der Waals surface area contributed by atoms with E-state index in [4.69, 9.17) is 9.15 Å². The maximum Gasteiger partial charge on any atom is 0.290 e. The van der Waals surface area contributed by atoms with Crippen LogP contribution in [0.25, 0.3) is 0 Å². The second kappa shape index (κ2) is 10.3. The van der Waals surface area contributed by atoms with Gasteiger partial charge < -0.3 is 19.4 Å². The van der Waals surface area contributed by atoms with E-state index in [2.05, 4.69) is 11.4 Å². The standard InChI is InChI=1S/C31H30N2O4/c1-20-9-12-25(13-10-20)32-30(34)22(3)37-26-14-11-23-15-16-33(31(35)28-8-5-17-36-28)29(27(23)19-26)24-7-4-6-21(2)18-24/h4-14,17-19,22,29H,15-16H2,1-3H3,(H,32,34)/t22-,29+/m0/s1. The van der Waals surface area contributed by atoms with E-state index in [1.807, 2.05) is 79.4 Å². The van der Waals surface area contributed by atoms with Gasteiger partial charge >= 0.3 is 0 Å². The maximum atomic E-state index is 13.4. The van der Waals surface area contributed by atoms with Crippen LogP contribution in [0.5, 0.6) is 5.75 Å². The zero-order valence-corrected chi connectivity index (χ0v) is 21.2. The zero-order valence-electron chi connectivity index (χ0n) is 21.2. The van der Waals surface area contributed by atoms with Gasteiger partial charge in [0.05, 0.1) is 12.3 Å². The molecule has 0 unspecified atom stereocenters. The predicted octanol–water partition coefficient (Wildman–Crippen LogP) is 6.09. The smallest absolute Gasteiger partial charge is 0.290 e. The number of amides is 2. The van der Waals surface area contributed by atoms with Crippen molar-refractivity contribution in [3.63, 3.8) is 0 Å². The molecule has 2 atom stereocenters. The van der Waals surface area contributed by atoms with Gasteiger partial charge in [-0.2, -0.15) is 0 Å². The average molecular weight is 495 g/mol.